The summed E-state index contributed by atoms with van der Waals surface area (Å²) in [6.45, 7) is 0. The average Bonchev–Trinajstić information content (AvgIpc) is 3.59. The van der Waals surface area contributed by atoms with Gasteiger partial charge in [0, 0.05) is 23.2 Å². The van der Waals surface area contributed by atoms with Crippen LogP contribution in [0.3, 0.4) is 0 Å². The molecule has 0 spiro atoms. The molecule has 0 N–H and O–H groups in total. The number of fused-ring (bicyclic) bond motifs is 15. The van der Waals surface area contributed by atoms with E-state index < -0.39 is 0 Å². The number of imidazole rings is 1. The van der Waals surface area contributed by atoms with Crippen molar-refractivity contribution in [3.05, 3.63) is 108 Å². The molecule has 162 valence electrons. The van der Waals surface area contributed by atoms with Gasteiger partial charge < -0.3 is 0 Å². The summed E-state index contributed by atoms with van der Waals surface area (Å²) >= 11 is 0. The Morgan fingerprint density at radius 2 is 1.49 bits per heavy atom. The van der Waals surface area contributed by atoms with Gasteiger partial charge >= 0.3 is 0 Å². The Balaban J connectivity index is 1.38. The minimum absolute atomic E-state index is 0.765. The number of aromatic nitrogens is 4. The zero-order valence-corrected chi connectivity index (χ0v) is 18.8. The van der Waals surface area contributed by atoms with Crippen LogP contribution in [0.5, 0.6) is 0 Å². The van der Waals surface area contributed by atoms with Crippen LogP contribution in [-0.2, 0) is 12.8 Å². The Morgan fingerprint density at radius 1 is 0.629 bits per heavy atom. The molecule has 0 amide bonds. The van der Waals surface area contributed by atoms with Crippen molar-refractivity contribution in [1.82, 2.24) is 19.4 Å². The van der Waals surface area contributed by atoms with Gasteiger partial charge in [-0.3, -0.25) is 9.38 Å². The first-order valence-electron chi connectivity index (χ1n) is 12.0. The van der Waals surface area contributed by atoms with Crippen molar-refractivity contribution < 1.29 is 0 Å². The predicted molar refractivity (Wildman–Crippen MR) is 140 cm³/mol. The first-order chi connectivity index (χ1) is 17.3. The van der Waals surface area contributed by atoms with Gasteiger partial charge in [-0.2, -0.15) is 0 Å². The summed E-state index contributed by atoms with van der Waals surface area (Å²) in [5.41, 5.74) is 15.1. The fourth-order valence-electron chi connectivity index (χ4n) is 6.50. The van der Waals surface area contributed by atoms with E-state index in [4.69, 9.17) is 4.98 Å². The number of hydrogen-bond acceptors (Lipinski definition) is 3. The SMILES string of the molecule is c1ccc2c(c1)Cc1c-2ccc2c1Cc1cc3c4ccncc4n4c5cccnc5nc4c3cc1-2. The van der Waals surface area contributed by atoms with Gasteiger partial charge in [0.2, 0.25) is 0 Å². The highest BCUT2D eigenvalue weighted by atomic mass is 15.1. The maximum atomic E-state index is 4.98. The zero-order chi connectivity index (χ0) is 22.7. The van der Waals surface area contributed by atoms with Crippen LogP contribution in [0, 0.1) is 0 Å². The van der Waals surface area contributed by atoms with E-state index in [9.17, 15) is 0 Å². The van der Waals surface area contributed by atoms with E-state index in [-0.39, 0.29) is 0 Å². The normalized spacial score (nSPS) is 13.5. The maximum Gasteiger partial charge on any atom is 0.178 e. The molecule has 4 nitrogen and oxygen atoms in total. The fourth-order valence-corrected chi connectivity index (χ4v) is 6.50. The van der Waals surface area contributed by atoms with E-state index in [0.29, 0.717) is 0 Å². The largest absolute Gasteiger partial charge is 0.288 e. The van der Waals surface area contributed by atoms with Gasteiger partial charge in [-0.1, -0.05) is 36.4 Å². The Hall–Kier alpha value is -4.57. The molecule has 0 aliphatic heterocycles. The van der Waals surface area contributed by atoms with Crippen LogP contribution < -0.4 is 0 Å². The van der Waals surface area contributed by atoms with Crippen molar-refractivity contribution >= 4 is 38.5 Å². The predicted octanol–water partition coefficient (Wildman–Crippen LogP) is 6.73. The highest BCUT2D eigenvalue weighted by Gasteiger charge is 2.28. The van der Waals surface area contributed by atoms with Gasteiger partial charge in [0.05, 0.1) is 17.2 Å². The lowest BCUT2D eigenvalue weighted by Crippen LogP contribution is -1.93. The number of rotatable bonds is 0. The third kappa shape index (κ3) is 2.15. The van der Waals surface area contributed by atoms with Crippen LogP contribution in [0.2, 0.25) is 0 Å². The van der Waals surface area contributed by atoms with Crippen LogP contribution in [-0.4, -0.2) is 19.4 Å². The molecule has 0 saturated heterocycles. The summed E-state index contributed by atoms with van der Waals surface area (Å²) < 4.78 is 2.22. The monoisotopic (exact) mass is 446 g/mol. The molecule has 7 aromatic rings. The number of benzene rings is 3. The fraction of sp³-hybridized carbons (Fsp3) is 0.0645. The highest BCUT2D eigenvalue weighted by molar-refractivity contribution is 6.15. The minimum atomic E-state index is 0.765. The molecule has 35 heavy (non-hydrogen) atoms. The van der Waals surface area contributed by atoms with E-state index in [0.717, 1.165) is 40.6 Å². The Labute approximate surface area is 200 Å². The van der Waals surface area contributed by atoms with Crippen molar-refractivity contribution in [1.29, 1.82) is 0 Å². The minimum Gasteiger partial charge on any atom is -0.288 e. The average molecular weight is 447 g/mol. The summed E-state index contributed by atoms with van der Waals surface area (Å²) in [5, 5.41) is 3.59. The molecule has 0 saturated carbocycles. The molecule has 4 heterocycles. The number of nitrogens with zero attached hydrogens (tertiary/aromatic N) is 4. The van der Waals surface area contributed by atoms with E-state index in [1.165, 1.54) is 55.3 Å². The van der Waals surface area contributed by atoms with Gasteiger partial charge in [0.1, 0.15) is 5.65 Å². The van der Waals surface area contributed by atoms with Gasteiger partial charge in [-0.05, 0) is 93.1 Å². The summed E-state index contributed by atoms with van der Waals surface area (Å²) in [6.07, 6.45) is 7.65. The van der Waals surface area contributed by atoms with E-state index >= 15 is 0 Å². The molecule has 0 fully saturated rings. The Morgan fingerprint density at radius 3 is 2.43 bits per heavy atom. The van der Waals surface area contributed by atoms with Crippen LogP contribution in [0.4, 0.5) is 0 Å². The molecule has 0 radical (unpaired) electrons. The number of pyridine rings is 3. The lowest BCUT2D eigenvalue weighted by atomic mass is 9.96. The van der Waals surface area contributed by atoms with E-state index in [2.05, 4.69) is 75.0 Å². The first kappa shape index (κ1) is 17.8. The van der Waals surface area contributed by atoms with Gasteiger partial charge in [0.25, 0.3) is 0 Å². The molecule has 4 aromatic heterocycles. The van der Waals surface area contributed by atoms with Crippen molar-refractivity contribution in [3.8, 4) is 22.3 Å². The van der Waals surface area contributed by atoms with Crippen LogP contribution in [0.1, 0.15) is 22.3 Å². The van der Waals surface area contributed by atoms with Crippen LogP contribution in [0.15, 0.2) is 85.3 Å². The molecule has 9 rings (SSSR count). The van der Waals surface area contributed by atoms with Gasteiger partial charge in [0.15, 0.2) is 5.65 Å². The molecule has 3 aromatic carbocycles. The molecule has 0 unspecified atom stereocenters. The lowest BCUT2D eigenvalue weighted by Gasteiger charge is -2.11. The van der Waals surface area contributed by atoms with Crippen molar-refractivity contribution in [2.24, 2.45) is 0 Å². The summed E-state index contributed by atoms with van der Waals surface area (Å²) in [7, 11) is 0. The lowest BCUT2D eigenvalue weighted by molar-refractivity contribution is 1.16. The standard InChI is InChI=1S/C31H18N4/c1-2-5-19-17(4-1)12-24-20(19)7-8-21-23-15-27-26(14-18(23)13-25(21)24)22-9-11-32-16-29(22)35-28-6-3-10-33-30(28)34-31(27)35/h1-11,14-16H,12-13H2. The Bertz CT molecular complexity index is 2070. The third-order valence-corrected chi connectivity index (χ3v) is 8.01. The zero-order valence-electron chi connectivity index (χ0n) is 18.8. The van der Waals surface area contributed by atoms with Gasteiger partial charge in [-0.15, -0.1) is 0 Å². The molecular formula is C31H18N4. The summed E-state index contributed by atoms with van der Waals surface area (Å²) in [4.78, 5) is 14.0. The smallest absolute Gasteiger partial charge is 0.178 e. The van der Waals surface area contributed by atoms with Crippen molar-refractivity contribution in [2.75, 3.05) is 0 Å². The molecular weight excluding hydrogens is 428 g/mol. The van der Waals surface area contributed by atoms with E-state index in [1.54, 1.807) is 0 Å². The van der Waals surface area contributed by atoms with Crippen LogP contribution >= 0.6 is 0 Å². The van der Waals surface area contributed by atoms with Crippen molar-refractivity contribution in [3.63, 3.8) is 0 Å². The third-order valence-electron chi connectivity index (χ3n) is 8.01. The second-order valence-electron chi connectivity index (χ2n) is 9.69. The van der Waals surface area contributed by atoms with Gasteiger partial charge in [-0.25, -0.2) is 9.97 Å². The molecule has 4 heteroatoms. The summed E-state index contributed by atoms with van der Waals surface area (Å²) in [5.74, 6) is 0. The quantitative estimate of drug-likeness (QED) is 0.243. The molecule has 2 aliphatic carbocycles. The number of hydrogen-bond donors (Lipinski definition) is 0. The second kappa shape index (κ2) is 6.10. The molecule has 2 aliphatic rings. The topological polar surface area (TPSA) is 43.1 Å². The van der Waals surface area contributed by atoms with Crippen molar-refractivity contribution in [2.45, 2.75) is 12.8 Å². The Kier molecular flexibility index (Phi) is 3.11. The maximum absolute atomic E-state index is 4.98. The highest BCUT2D eigenvalue weighted by Crippen LogP contribution is 2.48. The van der Waals surface area contributed by atoms with E-state index in [1.807, 2.05) is 24.7 Å². The molecule has 0 atom stereocenters. The van der Waals surface area contributed by atoms with Crippen LogP contribution in [0.25, 0.3) is 60.7 Å². The summed E-state index contributed by atoms with van der Waals surface area (Å²) in [6, 6.07) is 24.4. The second-order valence-corrected chi connectivity index (χ2v) is 9.69. The first-order valence-corrected chi connectivity index (χ1v) is 12.0. The molecule has 0 bridgehead atoms.